The molecular formula is C13H18Cl2N-. The predicted molar refractivity (Wildman–Crippen MR) is 67.2 cm³/mol. The van der Waals surface area contributed by atoms with Crippen molar-refractivity contribution in [3.63, 3.8) is 0 Å². The molecule has 90 valence electrons. The predicted octanol–water partition coefficient (Wildman–Crippen LogP) is 0.656. The van der Waals surface area contributed by atoms with Gasteiger partial charge in [-0.05, 0) is 24.0 Å². The van der Waals surface area contributed by atoms with Gasteiger partial charge in [-0.3, -0.25) is 0 Å². The first kappa shape index (κ1) is 15.5. The smallest absolute Gasteiger partial charge is 0.0329 e. The lowest BCUT2D eigenvalue weighted by Gasteiger charge is -2.12. The molecule has 1 aromatic rings. The highest BCUT2D eigenvalue weighted by Gasteiger charge is 2.20. The molecule has 0 radical (unpaired) electrons. The van der Waals surface area contributed by atoms with E-state index in [1.165, 1.54) is 24.0 Å². The third-order valence-corrected chi connectivity index (χ3v) is 2.81. The van der Waals surface area contributed by atoms with Gasteiger partial charge in [0.1, 0.15) is 0 Å². The third-order valence-electron chi connectivity index (χ3n) is 2.67. The Bertz CT molecular complexity index is 350. The molecule has 1 N–H and O–H groups in total. The first-order valence-corrected chi connectivity index (χ1v) is 5.29. The van der Waals surface area contributed by atoms with E-state index < -0.39 is 0 Å². The highest BCUT2D eigenvalue weighted by molar-refractivity contribution is 6.29. The van der Waals surface area contributed by atoms with Gasteiger partial charge in [-0.1, -0.05) is 49.9 Å². The molecule has 0 aromatic heterocycles. The lowest BCUT2D eigenvalue weighted by molar-refractivity contribution is -0.00000318. The lowest BCUT2D eigenvalue weighted by atomic mass is 10.1. The fourth-order valence-electron chi connectivity index (χ4n) is 2.00. The molecule has 0 bridgehead atoms. The molecule has 1 atom stereocenters. The number of hydrogen-bond donors (Lipinski definition) is 1. The first-order valence-electron chi connectivity index (χ1n) is 4.92. The molecule has 2 rings (SSSR count). The van der Waals surface area contributed by atoms with Crippen LogP contribution >= 0.6 is 11.6 Å². The van der Waals surface area contributed by atoms with E-state index in [9.17, 15) is 0 Å². The van der Waals surface area contributed by atoms with Crippen molar-refractivity contribution >= 4 is 11.6 Å². The standard InChI is InChI=1S/C12H14ClN.CH4.ClH/c1-9(13)8-14-12-7-6-10-4-2-3-5-11(10)12;;/h2-5,12,14H,1,6-8H2;1H4;1H/p-1. The van der Waals surface area contributed by atoms with E-state index in [-0.39, 0.29) is 19.8 Å². The summed E-state index contributed by atoms with van der Waals surface area (Å²) in [5.41, 5.74) is 2.88. The van der Waals surface area contributed by atoms with Gasteiger partial charge in [0.25, 0.3) is 0 Å². The van der Waals surface area contributed by atoms with Crippen LogP contribution in [0, 0.1) is 0 Å². The molecule has 0 amide bonds. The van der Waals surface area contributed by atoms with Crippen molar-refractivity contribution < 1.29 is 12.4 Å². The lowest BCUT2D eigenvalue weighted by Crippen LogP contribution is -3.00. The zero-order valence-electron chi connectivity index (χ0n) is 8.47. The summed E-state index contributed by atoms with van der Waals surface area (Å²) >= 11 is 5.73. The van der Waals surface area contributed by atoms with Crippen LogP contribution in [0.5, 0.6) is 0 Å². The first-order chi connectivity index (χ1) is 6.77. The molecule has 1 unspecified atom stereocenters. The van der Waals surface area contributed by atoms with Gasteiger partial charge in [0.05, 0.1) is 0 Å². The fraction of sp³-hybridized carbons (Fsp3) is 0.385. The summed E-state index contributed by atoms with van der Waals surface area (Å²) in [6.45, 7) is 4.37. The molecule has 0 heterocycles. The molecule has 3 heteroatoms. The largest absolute Gasteiger partial charge is 1.00 e. The fourth-order valence-corrected chi connectivity index (χ4v) is 2.08. The Hall–Kier alpha value is -0.500. The summed E-state index contributed by atoms with van der Waals surface area (Å²) in [6.07, 6.45) is 2.34. The van der Waals surface area contributed by atoms with E-state index in [0.717, 1.165) is 0 Å². The van der Waals surface area contributed by atoms with Crippen LogP contribution in [-0.2, 0) is 6.42 Å². The van der Waals surface area contributed by atoms with E-state index in [1.54, 1.807) is 0 Å². The average molecular weight is 259 g/mol. The van der Waals surface area contributed by atoms with Crippen molar-refractivity contribution in [2.24, 2.45) is 0 Å². The van der Waals surface area contributed by atoms with Crippen LogP contribution in [0.2, 0.25) is 0 Å². The molecule has 0 saturated heterocycles. The maximum Gasteiger partial charge on any atom is 0.0329 e. The zero-order chi connectivity index (χ0) is 9.97. The van der Waals surface area contributed by atoms with Gasteiger partial charge in [-0.2, -0.15) is 0 Å². The highest BCUT2D eigenvalue weighted by atomic mass is 35.5. The molecule has 1 aromatic carbocycles. The van der Waals surface area contributed by atoms with Crippen LogP contribution in [0.4, 0.5) is 0 Å². The second-order valence-electron chi connectivity index (χ2n) is 3.69. The number of nitrogens with one attached hydrogen (secondary N) is 1. The highest BCUT2D eigenvalue weighted by Crippen LogP contribution is 2.30. The monoisotopic (exact) mass is 258 g/mol. The van der Waals surface area contributed by atoms with E-state index in [0.29, 0.717) is 17.6 Å². The van der Waals surface area contributed by atoms with Crippen molar-refractivity contribution in [2.45, 2.75) is 26.3 Å². The molecule has 0 fully saturated rings. The summed E-state index contributed by atoms with van der Waals surface area (Å²) in [5.74, 6) is 0. The van der Waals surface area contributed by atoms with Gasteiger partial charge in [-0.25, -0.2) is 0 Å². The van der Waals surface area contributed by atoms with E-state index in [4.69, 9.17) is 11.6 Å². The Morgan fingerprint density at radius 3 is 2.81 bits per heavy atom. The summed E-state index contributed by atoms with van der Waals surface area (Å²) in [5, 5.41) is 4.08. The van der Waals surface area contributed by atoms with E-state index >= 15 is 0 Å². The summed E-state index contributed by atoms with van der Waals surface area (Å²) in [7, 11) is 0. The van der Waals surface area contributed by atoms with Crippen molar-refractivity contribution in [2.75, 3.05) is 6.54 Å². The molecule has 0 spiro atoms. The van der Waals surface area contributed by atoms with Crippen LogP contribution in [-0.4, -0.2) is 6.54 Å². The Morgan fingerprint density at radius 2 is 2.12 bits per heavy atom. The van der Waals surface area contributed by atoms with Crippen LogP contribution < -0.4 is 17.7 Å². The number of halogens is 2. The van der Waals surface area contributed by atoms with E-state index in [1.807, 2.05) is 0 Å². The quantitative estimate of drug-likeness (QED) is 0.840. The minimum atomic E-state index is 0. The summed E-state index contributed by atoms with van der Waals surface area (Å²) < 4.78 is 0. The van der Waals surface area contributed by atoms with Crippen LogP contribution in [0.3, 0.4) is 0 Å². The zero-order valence-corrected chi connectivity index (χ0v) is 9.98. The topological polar surface area (TPSA) is 12.0 Å². The molecule has 0 saturated carbocycles. The number of benzene rings is 1. The Balaban J connectivity index is 0.00000112. The second-order valence-corrected chi connectivity index (χ2v) is 4.22. The van der Waals surface area contributed by atoms with Crippen molar-refractivity contribution in [1.82, 2.24) is 5.32 Å². The maximum absolute atomic E-state index is 5.73. The van der Waals surface area contributed by atoms with E-state index in [2.05, 4.69) is 36.2 Å². The van der Waals surface area contributed by atoms with Gasteiger partial charge in [0, 0.05) is 17.6 Å². The van der Waals surface area contributed by atoms with Crippen LogP contribution in [0.15, 0.2) is 35.9 Å². The number of fused-ring (bicyclic) bond motifs is 1. The Labute approximate surface area is 109 Å². The van der Waals surface area contributed by atoms with Gasteiger partial charge < -0.3 is 17.7 Å². The van der Waals surface area contributed by atoms with Crippen molar-refractivity contribution in [3.8, 4) is 0 Å². The Kier molecular flexibility index (Phi) is 6.73. The van der Waals surface area contributed by atoms with Gasteiger partial charge >= 0.3 is 0 Å². The molecule has 1 nitrogen and oxygen atoms in total. The van der Waals surface area contributed by atoms with Crippen LogP contribution in [0.25, 0.3) is 0 Å². The normalized spacial score (nSPS) is 16.9. The van der Waals surface area contributed by atoms with Gasteiger partial charge in [0.15, 0.2) is 0 Å². The van der Waals surface area contributed by atoms with Crippen LogP contribution in [0.1, 0.15) is 31.0 Å². The summed E-state index contributed by atoms with van der Waals surface area (Å²) in [6, 6.07) is 9.04. The number of aryl methyl sites for hydroxylation is 1. The summed E-state index contributed by atoms with van der Waals surface area (Å²) in [4.78, 5) is 0. The molecular weight excluding hydrogens is 241 g/mol. The average Bonchev–Trinajstić information content (AvgIpc) is 2.58. The minimum Gasteiger partial charge on any atom is -1.00 e. The number of rotatable bonds is 3. The second kappa shape index (κ2) is 6.95. The van der Waals surface area contributed by atoms with Gasteiger partial charge in [-0.15, -0.1) is 0 Å². The SMILES string of the molecule is C.C=C(Cl)CNC1CCc2ccccc21.[Cl-]. The molecule has 16 heavy (non-hydrogen) atoms. The number of hydrogen-bond acceptors (Lipinski definition) is 1. The van der Waals surface area contributed by atoms with Crippen molar-refractivity contribution in [1.29, 1.82) is 0 Å². The third kappa shape index (κ3) is 3.51. The van der Waals surface area contributed by atoms with Gasteiger partial charge in [0.2, 0.25) is 0 Å². The molecule has 1 aliphatic rings. The van der Waals surface area contributed by atoms with Crippen molar-refractivity contribution in [3.05, 3.63) is 47.0 Å². The molecule has 1 aliphatic carbocycles. The Morgan fingerprint density at radius 1 is 1.44 bits per heavy atom. The molecule has 0 aliphatic heterocycles. The maximum atomic E-state index is 5.73. The minimum absolute atomic E-state index is 0.